The zero-order chi connectivity index (χ0) is 38.8. The van der Waals surface area contributed by atoms with Crippen molar-refractivity contribution in [3.8, 4) is 0 Å². The van der Waals surface area contributed by atoms with Crippen LogP contribution in [0.15, 0.2) is 11.8 Å². The fourth-order valence-electron chi connectivity index (χ4n) is 5.58. The minimum absolute atomic E-state index is 0. The molecule has 8 unspecified atom stereocenters. The van der Waals surface area contributed by atoms with E-state index >= 15 is 0 Å². The molecule has 0 aromatic carbocycles. The maximum atomic E-state index is 12.0. The van der Waals surface area contributed by atoms with Gasteiger partial charge in [0.15, 0.2) is 18.9 Å². The van der Waals surface area contributed by atoms with Gasteiger partial charge < -0.3 is 120 Å². The summed E-state index contributed by atoms with van der Waals surface area (Å²) in [6.45, 7) is -2.84. The van der Waals surface area contributed by atoms with Gasteiger partial charge in [0.25, 0.3) is 0 Å². The van der Waals surface area contributed by atoms with E-state index in [9.17, 15) is 75.7 Å². The SMILES string of the molecule is NC(CO[C@@H]1OC(C(=O)[O-])[C@H](O[C@@H]2OC(CO)[C@H](O)[C@H](O[C@@H]3OC(CO)[C@H](O)[C@H](O[C@@H]4OC(C(=O)[O-])=C[C@H](O)C4O)C3O)C2O)[C@H](O)C1O)C(=O)O.[Na+].[Na+]. The molecule has 0 amide bonds. The number of aliphatic hydroxyl groups excluding tert-OH is 10. The van der Waals surface area contributed by atoms with Gasteiger partial charge in [0.1, 0.15) is 103 Å². The average Bonchev–Trinajstić information content (AvgIpc) is 3.09. The number of hydrogen-bond donors (Lipinski definition) is 12. The van der Waals surface area contributed by atoms with Gasteiger partial charge in [-0.3, -0.25) is 4.79 Å². The molecule has 4 aliphatic heterocycles. The summed E-state index contributed by atoms with van der Waals surface area (Å²) in [6.07, 6.45) is -36.3. The predicted molar refractivity (Wildman–Crippen MR) is 147 cm³/mol. The molecule has 25 nitrogen and oxygen atoms in total. The van der Waals surface area contributed by atoms with Crippen molar-refractivity contribution in [3.05, 3.63) is 11.8 Å². The maximum absolute atomic E-state index is 12.0. The van der Waals surface area contributed by atoms with Crippen molar-refractivity contribution in [2.24, 2.45) is 5.73 Å². The number of rotatable bonds is 14. The van der Waals surface area contributed by atoms with Gasteiger partial charge in [-0.2, -0.15) is 0 Å². The fourth-order valence-corrected chi connectivity index (χ4v) is 5.58. The van der Waals surface area contributed by atoms with Crippen molar-refractivity contribution in [1.82, 2.24) is 0 Å². The van der Waals surface area contributed by atoms with E-state index in [1.54, 1.807) is 0 Å². The Morgan fingerprint density at radius 1 is 0.685 bits per heavy atom. The molecule has 27 heteroatoms. The second kappa shape index (κ2) is 21.3. The smallest absolute Gasteiger partial charge is 0.547 e. The summed E-state index contributed by atoms with van der Waals surface area (Å²) in [7, 11) is 0. The van der Waals surface area contributed by atoms with Crippen molar-refractivity contribution in [3.63, 3.8) is 0 Å². The Hall–Kier alpha value is -0.770. The number of nitrogens with two attached hydrogens (primary N) is 1. The third-order valence-corrected chi connectivity index (χ3v) is 8.45. The summed E-state index contributed by atoms with van der Waals surface area (Å²) in [5.41, 5.74) is 5.32. The Balaban J connectivity index is 0.00000504. The molecule has 19 atom stereocenters. The van der Waals surface area contributed by atoms with Crippen molar-refractivity contribution < 1.29 is 178 Å². The third kappa shape index (κ3) is 11.0. The van der Waals surface area contributed by atoms with Crippen LogP contribution in [0.25, 0.3) is 0 Å². The van der Waals surface area contributed by atoms with E-state index in [1.165, 1.54) is 0 Å². The van der Waals surface area contributed by atoms with Gasteiger partial charge in [-0.25, -0.2) is 0 Å². The summed E-state index contributed by atoms with van der Waals surface area (Å²) in [5, 5.41) is 137. The minimum Gasteiger partial charge on any atom is -0.547 e. The van der Waals surface area contributed by atoms with Crippen LogP contribution in [0, 0.1) is 0 Å². The van der Waals surface area contributed by atoms with E-state index in [0.717, 1.165) is 0 Å². The van der Waals surface area contributed by atoms with Gasteiger partial charge in [-0.1, -0.05) is 0 Å². The van der Waals surface area contributed by atoms with Crippen LogP contribution in [0.2, 0.25) is 0 Å². The molecule has 54 heavy (non-hydrogen) atoms. The number of hydrogen-bond acceptors (Lipinski definition) is 24. The van der Waals surface area contributed by atoms with Gasteiger partial charge in [-0.05, 0) is 6.08 Å². The summed E-state index contributed by atoms with van der Waals surface area (Å²) < 4.78 is 42.1. The first-order chi connectivity index (χ1) is 24.4. The average molecular weight is 808 g/mol. The zero-order valence-electron chi connectivity index (χ0n) is 28.5. The van der Waals surface area contributed by atoms with Crippen LogP contribution in [-0.4, -0.2) is 211 Å². The molecule has 3 fully saturated rings. The Bertz CT molecular complexity index is 1280. The number of ether oxygens (including phenoxy) is 8. The van der Waals surface area contributed by atoms with Crippen molar-refractivity contribution >= 4 is 17.9 Å². The number of carboxylic acid groups (broad SMARTS) is 3. The van der Waals surface area contributed by atoms with Gasteiger partial charge >= 0.3 is 65.1 Å². The summed E-state index contributed by atoms with van der Waals surface area (Å²) in [5.74, 6) is -6.50. The number of aliphatic hydroxyl groups is 10. The van der Waals surface area contributed by atoms with Gasteiger partial charge in [-0.15, -0.1) is 0 Å². The molecule has 4 rings (SSSR count). The maximum Gasteiger partial charge on any atom is 1.00 e. The molecule has 0 aromatic rings. The molecular formula is C27H39NNa2O24. The summed E-state index contributed by atoms with van der Waals surface area (Å²) >= 11 is 0. The van der Waals surface area contributed by atoms with Crippen LogP contribution in [0.4, 0.5) is 0 Å². The van der Waals surface area contributed by atoms with E-state index in [1.807, 2.05) is 0 Å². The molecule has 0 radical (unpaired) electrons. The summed E-state index contributed by atoms with van der Waals surface area (Å²) in [6, 6.07) is -1.64. The Morgan fingerprint density at radius 3 is 1.61 bits per heavy atom. The topological polar surface area (TPSA) is 420 Å². The predicted octanol–water partition coefficient (Wildman–Crippen LogP) is -17.6. The van der Waals surface area contributed by atoms with Crippen LogP contribution >= 0.6 is 0 Å². The van der Waals surface area contributed by atoms with Gasteiger partial charge in [0, 0.05) is 0 Å². The second-order valence-electron chi connectivity index (χ2n) is 12.0. The molecule has 0 aromatic heterocycles. The molecule has 13 N–H and O–H groups in total. The third-order valence-electron chi connectivity index (χ3n) is 8.45. The normalized spacial score (nSPS) is 43.0. The van der Waals surface area contributed by atoms with Gasteiger partial charge in [0.2, 0.25) is 6.29 Å². The minimum atomic E-state index is -2.31. The molecular weight excluding hydrogens is 768 g/mol. The van der Waals surface area contributed by atoms with Gasteiger partial charge in [0.05, 0.1) is 25.8 Å². The largest absolute Gasteiger partial charge is 1.00 e. The first-order valence-corrected chi connectivity index (χ1v) is 15.4. The van der Waals surface area contributed by atoms with Crippen LogP contribution in [0.3, 0.4) is 0 Å². The van der Waals surface area contributed by atoms with E-state index in [-0.39, 0.29) is 59.1 Å². The molecule has 0 saturated carbocycles. The fraction of sp³-hybridized carbons (Fsp3) is 0.815. The molecule has 0 spiro atoms. The molecule has 0 aliphatic carbocycles. The first-order valence-electron chi connectivity index (χ1n) is 15.4. The number of carbonyl (C=O) groups excluding carboxylic acids is 2. The van der Waals surface area contributed by atoms with E-state index in [4.69, 9.17) is 48.7 Å². The molecule has 3 saturated heterocycles. The van der Waals surface area contributed by atoms with Crippen LogP contribution in [0.5, 0.6) is 0 Å². The Labute approximate surface area is 347 Å². The van der Waals surface area contributed by atoms with E-state index in [0.29, 0.717) is 6.08 Å². The monoisotopic (exact) mass is 807 g/mol. The number of carbonyl (C=O) groups is 3. The number of carboxylic acids is 3. The van der Waals surface area contributed by atoms with E-state index < -0.39 is 160 Å². The van der Waals surface area contributed by atoms with Crippen molar-refractivity contribution in [2.75, 3.05) is 19.8 Å². The quantitative estimate of drug-likeness (QED) is 0.0725. The van der Waals surface area contributed by atoms with Crippen molar-refractivity contribution in [1.29, 1.82) is 0 Å². The van der Waals surface area contributed by atoms with Crippen LogP contribution in [0.1, 0.15) is 0 Å². The standard InChI is InChI=1S/C27H41NO24.2Na/c28-5(21(39)40)4-45-24-14(36)13(35)19(20(52-24)23(43)44)51-27-16(38)18(12(34)9(3-30)48-27)50-26-15(37)17(11(33)8(2-29)47-26)49-25-10(32)6(31)1-7(46-25)22(41)42;;/h1,5-6,8-20,24-27,29-38H,2-4,28H2,(H,39,40)(H,41,42)(H,43,44);;/q;2*+1/p-2/t5?,6-,8?,9?,10?,11-,12-,13+,14?,15?,16?,17-,18-,19+,20?,24+,25-,26-,27-;;/m0../s1. The Morgan fingerprint density at radius 2 is 1.17 bits per heavy atom. The first kappa shape index (κ1) is 49.4. The summed E-state index contributed by atoms with van der Waals surface area (Å²) in [4.78, 5) is 34.2. The van der Waals surface area contributed by atoms with Crippen LogP contribution < -0.4 is 75.1 Å². The van der Waals surface area contributed by atoms with E-state index in [2.05, 4.69) is 0 Å². The molecule has 4 heterocycles. The Kier molecular flexibility index (Phi) is 19.5. The molecule has 0 bridgehead atoms. The molecule has 4 aliphatic rings. The second-order valence-corrected chi connectivity index (χ2v) is 12.0. The van der Waals surface area contributed by atoms with Crippen LogP contribution in [-0.2, 0) is 52.3 Å². The number of aliphatic carboxylic acids is 3. The van der Waals surface area contributed by atoms with Crippen molar-refractivity contribution in [2.45, 2.75) is 117 Å². The molecule has 298 valence electrons. The zero-order valence-corrected chi connectivity index (χ0v) is 32.5.